The summed E-state index contributed by atoms with van der Waals surface area (Å²) in [5, 5.41) is 0. The third kappa shape index (κ3) is 1.68. The van der Waals surface area contributed by atoms with E-state index in [0.717, 1.165) is 4.90 Å². The van der Waals surface area contributed by atoms with Gasteiger partial charge in [-0.25, -0.2) is 0 Å². The van der Waals surface area contributed by atoms with Gasteiger partial charge in [0.25, 0.3) is 0 Å². The van der Waals surface area contributed by atoms with Crippen LogP contribution in [0.25, 0.3) is 0 Å². The summed E-state index contributed by atoms with van der Waals surface area (Å²) in [6.45, 7) is 0. The second kappa shape index (κ2) is 3.65. The number of likely N-dealkylation sites (N-methyl/N-ethyl adjacent to an activating group) is 1. The first-order chi connectivity index (χ1) is 6.45. The smallest absolute Gasteiger partial charge is 0.241 e. The molecule has 1 unspecified atom stereocenters. The SMILES string of the molecule is CN1C(=O)CC[C](C(N)=O)C1C(N)=O. The van der Waals surface area contributed by atoms with E-state index in [1.54, 1.807) is 0 Å². The maximum absolute atomic E-state index is 11.2. The Balaban J connectivity index is 2.93. The fraction of sp³-hybridized carbons (Fsp3) is 0.500. The molecule has 0 aromatic carbocycles. The monoisotopic (exact) mass is 198 g/mol. The van der Waals surface area contributed by atoms with Gasteiger partial charge in [-0.05, 0) is 6.42 Å². The molecule has 1 atom stereocenters. The van der Waals surface area contributed by atoms with Crippen molar-refractivity contribution in [3.05, 3.63) is 5.92 Å². The summed E-state index contributed by atoms with van der Waals surface area (Å²) in [4.78, 5) is 34.4. The van der Waals surface area contributed by atoms with E-state index in [0.29, 0.717) is 0 Å². The predicted octanol–water partition coefficient (Wildman–Crippen LogP) is -1.85. The van der Waals surface area contributed by atoms with E-state index in [9.17, 15) is 14.4 Å². The van der Waals surface area contributed by atoms with Crippen LogP contribution in [0.4, 0.5) is 0 Å². The lowest BCUT2D eigenvalue weighted by atomic mass is 9.88. The summed E-state index contributed by atoms with van der Waals surface area (Å²) in [5.74, 6) is -1.40. The Morgan fingerprint density at radius 3 is 2.36 bits per heavy atom. The molecule has 1 heterocycles. The number of rotatable bonds is 2. The Hall–Kier alpha value is -1.59. The molecule has 6 heteroatoms. The van der Waals surface area contributed by atoms with Crippen molar-refractivity contribution in [3.8, 4) is 0 Å². The van der Waals surface area contributed by atoms with Gasteiger partial charge in [0, 0.05) is 13.5 Å². The van der Waals surface area contributed by atoms with Crippen molar-refractivity contribution >= 4 is 17.7 Å². The average Bonchev–Trinajstić information content (AvgIpc) is 2.08. The van der Waals surface area contributed by atoms with Crippen molar-refractivity contribution in [1.82, 2.24) is 4.90 Å². The van der Waals surface area contributed by atoms with Gasteiger partial charge in [0.15, 0.2) is 0 Å². The molecule has 1 rings (SSSR count). The number of likely N-dealkylation sites (tertiary alicyclic amines) is 1. The number of hydrogen-bond acceptors (Lipinski definition) is 3. The van der Waals surface area contributed by atoms with Crippen molar-refractivity contribution in [2.45, 2.75) is 18.9 Å². The Bertz CT molecular complexity index is 290. The zero-order valence-electron chi connectivity index (χ0n) is 7.82. The van der Waals surface area contributed by atoms with Gasteiger partial charge >= 0.3 is 0 Å². The third-order valence-corrected chi connectivity index (χ3v) is 2.30. The van der Waals surface area contributed by atoms with E-state index in [2.05, 4.69) is 0 Å². The molecule has 0 spiro atoms. The minimum absolute atomic E-state index is 0.193. The zero-order chi connectivity index (χ0) is 10.9. The number of primary amides is 2. The Kier molecular flexibility index (Phi) is 2.73. The van der Waals surface area contributed by atoms with Gasteiger partial charge in [0.1, 0.15) is 6.04 Å². The summed E-state index contributed by atoms with van der Waals surface area (Å²) < 4.78 is 0. The molecule has 1 fully saturated rings. The van der Waals surface area contributed by atoms with Crippen LogP contribution in [0.1, 0.15) is 12.8 Å². The molecule has 1 saturated heterocycles. The van der Waals surface area contributed by atoms with Gasteiger partial charge in [0.2, 0.25) is 17.7 Å². The fourth-order valence-electron chi connectivity index (χ4n) is 1.55. The molecule has 1 radical (unpaired) electrons. The summed E-state index contributed by atoms with van der Waals surface area (Å²) in [7, 11) is 1.43. The lowest BCUT2D eigenvalue weighted by molar-refractivity contribution is -0.141. The van der Waals surface area contributed by atoms with E-state index in [-0.39, 0.29) is 24.7 Å². The highest BCUT2D eigenvalue weighted by Gasteiger charge is 2.40. The normalized spacial score (nSPS) is 23.6. The molecule has 0 aromatic heterocycles. The summed E-state index contributed by atoms with van der Waals surface area (Å²) in [5.41, 5.74) is 10.2. The van der Waals surface area contributed by atoms with Crippen LogP contribution in [0.3, 0.4) is 0 Å². The van der Waals surface area contributed by atoms with Crippen LogP contribution < -0.4 is 11.5 Å². The average molecular weight is 198 g/mol. The molecule has 77 valence electrons. The van der Waals surface area contributed by atoms with Crippen LogP contribution in [0.5, 0.6) is 0 Å². The molecule has 0 saturated carbocycles. The summed E-state index contributed by atoms with van der Waals surface area (Å²) in [6, 6.07) is -0.978. The molecule has 0 bridgehead atoms. The number of nitrogens with zero attached hydrogens (tertiary/aromatic N) is 1. The van der Waals surface area contributed by atoms with Gasteiger partial charge in [0.05, 0.1) is 5.92 Å². The molecule has 4 N–H and O–H groups in total. The van der Waals surface area contributed by atoms with Gasteiger partial charge in [-0.2, -0.15) is 0 Å². The number of carbonyl (C=O) groups excluding carboxylic acids is 3. The Labute approximate surface area is 81.2 Å². The Morgan fingerprint density at radius 2 is 1.93 bits per heavy atom. The first-order valence-electron chi connectivity index (χ1n) is 4.15. The highest BCUT2D eigenvalue weighted by Crippen LogP contribution is 2.24. The van der Waals surface area contributed by atoms with Gasteiger partial charge in [-0.1, -0.05) is 0 Å². The van der Waals surface area contributed by atoms with Crippen LogP contribution in [0, 0.1) is 5.92 Å². The quantitative estimate of drug-likeness (QED) is 0.544. The minimum Gasteiger partial charge on any atom is -0.369 e. The molecule has 0 aromatic rings. The molecular formula is C8H12N3O3. The lowest BCUT2D eigenvalue weighted by Gasteiger charge is -2.34. The van der Waals surface area contributed by atoms with Crippen LogP contribution in [-0.4, -0.2) is 35.7 Å². The lowest BCUT2D eigenvalue weighted by Crippen LogP contribution is -2.55. The number of nitrogens with two attached hydrogens (primary N) is 2. The summed E-state index contributed by atoms with van der Waals surface area (Å²) in [6.07, 6.45) is 0.407. The molecule has 6 nitrogen and oxygen atoms in total. The van der Waals surface area contributed by atoms with E-state index in [1.807, 2.05) is 0 Å². The second-order valence-corrected chi connectivity index (χ2v) is 3.20. The van der Waals surface area contributed by atoms with Gasteiger partial charge < -0.3 is 16.4 Å². The summed E-state index contributed by atoms with van der Waals surface area (Å²) >= 11 is 0. The van der Waals surface area contributed by atoms with Crippen LogP contribution in [0.2, 0.25) is 0 Å². The number of carbonyl (C=O) groups is 3. The maximum atomic E-state index is 11.2. The van der Waals surface area contributed by atoms with Crippen LogP contribution in [0.15, 0.2) is 0 Å². The van der Waals surface area contributed by atoms with E-state index >= 15 is 0 Å². The van der Waals surface area contributed by atoms with E-state index in [1.165, 1.54) is 7.05 Å². The fourth-order valence-corrected chi connectivity index (χ4v) is 1.55. The highest BCUT2D eigenvalue weighted by atomic mass is 16.2. The Morgan fingerprint density at radius 1 is 1.36 bits per heavy atom. The second-order valence-electron chi connectivity index (χ2n) is 3.20. The first-order valence-corrected chi connectivity index (χ1v) is 4.15. The standard InChI is InChI=1S/C8H12N3O3/c1-11-5(12)3-2-4(7(9)13)6(11)8(10)14/h6H,2-3H2,1H3,(H2,9,13)(H2,10,14). The molecule has 1 aliphatic rings. The highest BCUT2D eigenvalue weighted by molar-refractivity contribution is 6.01. The van der Waals surface area contributed by atoms with Gasteiger partial charge in [-0.3, -0.25) is 14.4 Å². The maximum Gasteiger partial charge on any atom is 0.241 e. The molecule has 14 heavy (non-hydrogen) atoms. The van der Waals surface area contributed by atoms with E-state index in [4.69, 9.17) is 11.5 Å². The molecule has 1 aliphatic heterocycles. The van der Waals surface area contributed by atoms with Crippen LogP contribution >= 0.6 is 0 Å². The van der Waals surface area contributed by atoms with E-state index < -0.39 is 17.9 Å². The number of amides is 3. The van der Waals surface area contributed by atoms with Crippen molar-refractivity contribution in [2.24, 2.45) is 11.5 Å². The van der Waals surface area contributed by atoms with Crippen molar-refractivity contribution in [2.75, 3.05) is 7.05 Å². The predicted molar refractivity (Wildman–Crippen MR) is 47.4 cm³/mol. The van der Waals surface area contributed by atoms with Crippen molar-refractivity contribution in [1.29, 1.82) is 0 Å². The number of piperidine rings is 1. The zero-order valence-corrected chi connectivity index (χ0v) is 7.82. The largest absolute Gasteiger partial charge is 0.369 e. The first kappa shape index (κ1) is 10.5. The molecule has 0 aliphatic carbocycles. The molecular weight excluding hydrogens is 186 g/mol. The van der Waals surface area contributed by atoms with Crippen molar-refractivity contribution in [3.63, 3.8) is 0 Å². The minimum atomic E-state index is -0.978. The van der Waals surface area contributed by atoms with Crippen LogP contribution in [-0.2, 0) is 14.4 Å². The number of hydrogen-bond donors (Lipinski definition) is 2. The molecule has 3 amide bonds. The van der Waals surface area contributed by atoms with Crippen molar-refractivity contribution < 1.29 is 14.4 Å². The topological polar surface area (TPSA) is 106 Å². The third-order valence-electron chi connectivity index (χ3n) is 2.30. The van der Waals surface area contributed by atoms with Gasteiger partial charge in [-0.15, -0.1) is 0 Å².